The van der Waals surface area contributed by atoms with Crippen LogP contribution in [0.15, 0.2) is 48.1 Å². The van der Waals surface area contributed by atoms with Crippen LogP contribution in [0.3, 0.4) is 0 Å². The van der Waals surface area contributed by atoms with Crippen molar-refractivity contribution >= 4 is 11.6 Å². The molecule has 0 unspecified atom stereocenters. The zero-order valence-electron chi connectivity index (χ0n) is 17.8. The van der Waals surface area contributed by atoms with E-state index in [1.807, 2.05) is 19.9 Å². The number of halogens is 3. The molecule has 4 nitrogen and oxygen atoms in total. The van der Waals surface area contributed by atoms with Crippen LogP contribution in [-0.4, -0.2) is 18.0 Å². The zero-order chi connectivity index (χ0) is 22.6. The van der Waals surface area contributed by atoms with E-state index >= 15 is 0 Å². The second kappa shape index (κ2) is 13.6. The number of hydrogen-bond donors (Lipinski definition) is 2. The molecule has 1 fully saturated rings. The third-order valence-electron chi connectivity index (χ3n) is 3.86. The van der Waals surface area contributed by atoms with Gasteiger partial charge in [-0.15, -0.1) is 0 Å². The third kappa shape index (κ3) is 10.5. The maximum Gasteiger partial charge on any atom is 0.248 e. The number of nitrogens with two attached hydrogens (primary N) is 2. The van der Waals surface area contributed by atoms with Crippen molar-refractivity contribution in [2.24, 2.45) is 17.5 Å². The molecule has 2 rings (SSSR count). The number of rotatable bonds is 6. The van der Waals surface area contributed by atoms with Crippen LogP contribution in [0.1, 0.15) is 62.9 Å². The van der Waals surface area contributed by atoms with Gasteiger partial charge in [-0.2, -0.15) is 0 Å². The first kappa shape index (κ1) is 26.5. The number of amides is 1. The number of hydrazine groups is 1. The quantitative estimate of drug-likeness (QED) is 0.362. The van der Waals surface area contributed by atoms with Crippen molar-refractivity contribution in [3.63, 3.8) is 0 Å². The van der Waals surface area contributed by atoms with Gasteiger partial charge in [-0.1, -0.05) is 26.0 Å². The van der Waals surface area contributed by atoms with Crippen molar-refractivity contribution in [2.75, 3.05) is 7.05 Å². The van der Waals surface area contributed by atoms with E-state index in [1.54, 1.807) is 7.05 Å². The molecule has 7 heteroatoms. The monoisotopic (exact) mass is 411 g/mol. The predicted molar refractivity (Wildman–Crippen MR) is 113 cm³/mol. The molecular formula is C22H32F3N3O. The van der Waals surface area contributed by atoms with Gasteiger partial charge >= 0.3 is 0 Å². The molecule has 0 heterocycles. The maximum atomic E-state index is 14.0. The molecule has 0 aliphatic heterocycles. The lowest BCUT2D eigenvalue weighted by Crippen LogP contribution is -2.25. The van der Waals surface area contributed by atoms with Crippen molar-refractivity contribution in [2.45, 2.75) is 47.0 Å². The van der Waals surface area contributed by atoms with Crippen molar-refractivity contribution < 1.29 is 18.0 Å². The van der Waals surface area contributed by atoms with Crippen LogP contribution in [0, 0.1) is 11.7 Å². The largest absolute Gasteiger partial charge is 0.366 e. The highest BCUT2D eigenvalue weighted by Gasteiger charge is 2.21. The van der Waals surface area contributed by atoms with Gasteiger partial charge in [0.2, 0.25) is 5.91 Å². The van der Waals surface area contributed by atoms with Gasteiger partial charge in [-0.05, 0) is 57.2 Å². The zero-order valence-corrected chi connectivity index (χ0v) is 17.8. The van der Waals surface area contributed by atoms with E-state index in [1.165, 1.54) is 49.9 Å². The van der Waals surface area contributed by atoms with Gasteiger partial charge in [0, 0.05) is 24.3 Å². The highest BCUT2D eigenvalue weighted by atomic mass is 19.1. The molecule has 1 aromatic carbocycles. The smallest absolute Gasteiger partial charge is 0.248 e. The molecule has 1 saturated carbocycles. The van der Waals surface area contributed by atoms with Crippen LogP contribution in [0.25, 0.3) is 5.70 Å². The first-order chi connectivity index (χ1) is 13.6. The van der Waals surface area contributed by atoms with Crippen LogP contribution < -0.4 is 11.6 Å². The molecule has 0 saturated heterocycles. The fourth-order valence-electron chi connectivity index (χ4n) is 2.23. The summed E-state index contributed by atoms with van der Waals surface area (Å²) in [5, 5.41) is 1.39. The topological polar surface area (TPSA) is 72.3 Å². The molecule has 29 heavy (non-hydrogen) atoms. The Morgan fingerprint density at radius 2 is 1.86 bits per heavy atom. The minimum atomic E-state index is -0.643. The Morgan fingerprint density at radius 3 is 2.21 bits per heavy atom. The Kier molecular flexibility index (Phi) is 12.4. The molecule has 0 radical (unpaired) electrons. The van der Waals surface area contributed by atoms with Crippen molar-refractivity contribution in [3.05, 3.63) is 65.0 Å². The molecule has 1 aliphatic carbocycles. The Morgan fingerprint density at radius 1 is 1.28 bits per heavy atom. The minimum absolute atomic E-state index is 0.155. The first-order valence-electron chi connectivity index (χ1n) is 9.59. The van der Waals surface area contributed by atoms with E-state index in [2.05, 4.69) is 0 Å². The second-order valence-corrected chi connectivity index (χ2v) is 6.34. The number of carbonyl (C=O) groups is 1. The fourth-order valence-corrected chi connectivity index (χ4v) is 2.23. The van der Waals surface area contributed by atoms with E-state index in [4.69, 9.17) is 11.6 Å². The molecule has 4 N–H and O–H groups in total. The summed E-state index contributed by atoms with van der Waals surface area (Å²) in [6.07, 6.45) is 7.32. The molecule has 0 aromatic heterocycles. The number of carbonyl (C=O) groups excluding carboxylic acids is 1. The molecule has 162 valence electrons. The molecule has 0 spiro atoms. The molecule has 0 bridgehead atoms. The second-order valence-electron chi connectivity index (χ2n) is 6.34. The number of benzene rings is 1. The molecule has 0 atom stereocenters. The highest BCUT2D eigenvalue weighted by Crippen LogP contribution is 2.34. The van der Waals surface area contributed by atoms with Gasteiger partial charge < -0.3 is 10.7 Å². The summed E-state index contributed by atoms with van der Waals surface area (Å²) in [4.78, 5) is 11.0. The van der Waals surface area contributed by atoms with Crippen molar-refractivity contribution in [3.8, 4) is 0 Å². The number of nitrogens with zero attached hydrogens (tertiary/aromatic N) is 1. The van der Waals surface area contributed by atoms with Crippen LogP contribution in [0.5, 0.6) is 0 Å². The first-order valence-corrected chi connectivity index (χ1v) is 9.59. The van der Waals surface area contributed by atoms with Gasteiger partial charge in [0.15, 0.2) is 0 Å². The van der Waals surface area contributed by atoms with E-state index in [9.17, 15) is 18.0 Å². The summed E-state index contributed by atoms with van der Waals surface area (Å²) in [6.45, 7) is 6.71. The maximum absolute atomic E-state index is 14.0. The molecule has 1 aliphatic rings. The van der Waals surface area contributed by atoms with Gasteiger partial charge in [-0.25, -0.2) is 19.0 Å². The third-order valence-corrected chi connectivity index (χ3v) is 3.86. The van der Waals surface area contributed by atoms with Gasteiger partial charge in [-0.3, -0.25) is 4.79 Å². The standard InChI is InChI=1S/C14H18FN3O.C6H8F2.C2H6/c1-18(17)13(7-4-9-2-3-9)11-6-5-10(14(16)19)8-12(11)15;1-3-6(8)4-5(2)7;1-2/h5-9H,2-4,17H2,1H3,(H2,16,19);3-4H,1-2H3;1-2H3/b13-7-;5-4+,6-3+;. The molecular weight excluding hydrogens is 379 g/mol. The summed E-state index contributed by atoms with van der Waals surface area (Å²) in [5.74, 6) is 4.26. The van der Waals surface area contributed by atoms with Crippen LogP contribution in [-0.2, 0) is 0 Å². The average Bonchev–Trinajstić information content (AvgIpc) is 3.48. The minimum Gasteiger partial charge on any atom is -0.366 e. The van der Waals surface area contributed by atoms with Gasteiger partial charge in [0.25, 0.3) is 0 Å². The van der Waals surface area contributed by atoms with Crippen LogP contribution in [0.4, 0.5) is 13.2 Å². The summed E-state index contributed by atoms with van der Waals surface area (Å²) in [7, 11) is 1.67. The van der Waals surface area contributed by atoms with Crippen LogP contribution in [0.2, 0.25) is 0 Å². The summed E-state index contributed by atoms with van der Waals surface area (Å²) >= 11 is 0. The number of hydrogen-bond acceptors (Lipinski definition) is 3. The molecule has 1 aromatic rings. The average molecular weight is 412 g/mol. The number of allylic oxidation sites excluding steroid dienone is 5. The Labute approximate surface area is 171 Å². The van der Waals surface area contributed by atoms with E-state index < -0.39 is 23.4 Å². The van der Waals surface area contributed by atoms with E-state index in [0.717, 1.165) is 18.6 Å². The Bertz CT molecular complexity index is 748. The van der Waals surface area contributed by atoms with Gasteiger partial charge in [0.05, 0.1) is 11.5 Å². The van der Waals surface area contributed by atoms with Gasteiger partial charge in [0.1, 0.15) is 11.6 Å². The number of primary amides is 1. The van der Waals surface area contributed by atoms with E-state index in [-0.39, 0.29) is 5.56 Å². The lowest BCUT2D eigenvalue weighted by molar-refractivity contribution is 0.1000. The fraction of sp³-hybridized carbons (Fsp3) is 0.409. The summed E-state index contributed by atoms with van der Waals surface area (Å²) < 4.78 is 37.7. The van der Waals surface area contributed by atoms with Crippen molar-refractivity contribution in [1.82, 2.24) is 5.01 Å². The lowest BCUT2D eigenvalue weighted by atomic mass is 10.1. The SMILES string of the molecule is C/C=C(F)\C=C(/C)F.CC.CN(N)/C(=C\CC1CC1)c1ccc(C(N)=O)cc1F. The lowest BCUT2D eigenvalue weighted by Gasteiger charge is -2.18. The summed E-state index contributed by atoms with van der Waals surface area (Å²) in [6, 6.07) is 4.19. The molecule has 1 amide bonds. The van der Waals surface area contributed by atoms with Crippen LogP contribution >= 0.6 is 0 Å². The van der Waals surface area contributed by atoms with Crippen molar-refractivity contribution in [1.29, 1.82) is 0 Å². The Balaban J connectivity index is 0.000000664. The highest BCUT2D eigenvalue weighted by molar-refractivity contribution is 5.93. The normalized spacial score (nSPS) is 14.3. The summed E-state index contributed by atoms with van der Waals surface area (Å²) in [5.41, 5.74) is 6.29. The predicted octanol–water partition coefficient (Wildman–Crippen LogP) is 5.63. The Hall–Kier alpha value is -2.54. The van der Waals surface area contributed by atoms with E-state index in [0.29, 0.717) is 17.2 Å².